The van der Waals surface area contributed by atoms with Crippen LogP contribution in [0.2, 0.25) is 5.15 Å². The van der Waals surface area contributed by atoms with Gasteiger partial charge in [-0.3, -0.25) is 0 Å². The predicted molar refractivity (Wildman–Crippen MR) is 66.3 cm³/mol. The van der Waals surface area contributed by atoms with Crippen molar-refractivity contribution in [3.05, 3.63) is 40.3 Å². The van der Waals surface area contributed by atoms with Crippen LogP contribution in [0.15, 0.2) is 18.2 Å². The van der Waals surface area contributed by atoms with E-state index in [0.29, 0.717) is 11.3 Å². The van der Waals surface area contributed by atoms with Gasteiger partial charge in [-0.15, -0.1) is 0 Å². The molecule has 0 aliphatic carbocycles. The van der Waals surface area contributed by atoms with Gasteiger partial charge in [0.15, 0.2) is 0 Å². The van der Waals surface area contributed by atoms with Gasteiger partial charge in [-0.2, -0.15) is 0 Å². The molecule has 2 N–H and O–H groups in total. The fourth-order valence-corrected chi connectivity index (χ4v) is 1.82. The van der Waals surface area contributed by atoms with Crippen LogP contribution in [0, 0.1) is 19.7 Å². The van der Waals surface area contributed by atoms with Crippen LogP contribution in [-0.4, -0.2) is 9.97 Å². The zero-order valence-corrected chi connectivity index (χ0v) is 10.2. The van der Waals surface area contributed by atoms with E-state index in [4.69, 9.17) is 17.3 Å². The summed E-state index contributed by atoms with van der Waals surface area (Å²) in [5.41, 5.74) is 8.27. The van der Waals surface area contributed by atoms with E-state index in [2.05, 4.69) is 9.97 Å². The Morgan fingerprint density at radius 3 is 2.47 bits per heavy atom. The van der Waals surface area contributed by atoms with Gasteiger partial charge in [-0.25, -0.2) is 14.4 Å². The molecule has 0 radical (unpaired) electrons. The average molecular weight is 252 g/mol. The van der Waals surface area contributed by atoms with E-state index in [1.54, 1.807) is 19.1 Å². The smallest absolute Gasteiger partial charge is 0.221 e. The van der Waals surface area contributed by atoms with Gasteiger partial charge in [0.2, 0.25) is 5.95 Å². The molecule has 1 heterocycles. The van der Waals surface area contributed by atoms with Gasteiger partial charge in [-0.1, -0.05) is 11.6 Å². The van der Waals surface area contributed by atoms with Crippen LogP contribution >= 0.6 is 11.6 Å². The van der Waals surface area contributed by atoms with E-state index in [0.717, 1.165) is 11.1 Å². The molecule has 0 amide bonds. The van der Waals surface area contributed by atoms with Crippen molar-refractivity contribution in [3.63, 3.8) is 0 Å². The lowest BCUT2D eigenvalue weighted by Gasteiger charge is -2.08. The van der Waals surface area contributed by atoms with Gasteiger partial charge < -0.3 is 5.73 Å². The number of nitrogen functional groups attached to an aromatic ring is 1. The zero-order chi connectivity index (χ0) is 12.6. The van der Waals surface area contributed by atoms with Crippen LogP contribution in [0.1, 0.15) is 11.1 Å². The van der Waals surface area contributed by atoms with Gasteiger partial charge in [0.1, 0.15) is 11.0 Å². The Morgan fingerprint density at radius 1 is 1.12 bits per heavy atom. The maximum Gasteiger partial charge on any atom is 0.221 e. The molecular weight excluding hydrogens is 241 g/mol. The molecule has 0 saturated heterocycles. The molecule has 3 nitrogen and oxygen atoms in total. The molecule has 17 heavy (non-hydrogen) atoms. The van der Waals surface area contributed by atoms with Crippen molar-refractivity contribution in [3.8, 4) is 11.3 Å². The summed E-state index contributed by atoms with van der Waals surface area (Å²) in [4.78, 5) is 7.88. The van der Waals surface area contributed by atoms with Crippen molar-refractivity contribution in [1.82, 2.24) is 9.97 Å². The lowest BCUT2D eigenvalue weighted by Crippen LogP contribution is -1.98. The number of anilines is 1. The highest BCUT2D eigenvalue weighted by atomic mass is 35.5. The van der Waals surface area contributed by atoms with Crippen LogP contribution in [0.25, 0.3) is 11.3 Å². The molecule has 2 rings (SSSR count). The predicted octanol–water partition coefficient (Wildman–Crippen LogP) is 3.14. The number of hydrogen-bond donors (Lipinski definition) is 1. The standard InChI is InChI=1S/C12H11ClFN3/c1-6-4-9(14)7(2)3-8(6)10-5-11(13)17-12(15)16-10/h3-5H,1-2H3,(H2,15,16,17). The molecule has 0 spiro atoms. The number of halogens is 2. The summed E-state index contributed by atoms with van der Waals surface area (Å²) in [5.74, 6) is -0.131. The van der Waals surface area contributed by atoms with Gasteiger partial charge >= 0.3 is 0 Å². The molecule has 0 unspecified atom stereocenters. The van der Waals surface area contributed by atoms with Crippen molar-refractivity contribution < 1.29 is 4.39 Å². The fraction of sp³-hybridized carbons (Fsp3) is 0.167. The molecule has 5 heteroatoms. The van der Waals surface area contributed by atoms with E-state index >= 15 is 0 Å². The van der Waals surface area contributed by atoms with Crippen LogP contribution in [0.5, 0.6) is 0 Å². The Balaban J connectivity index is 2.64. The second kappa shape index (κ2) is 4.30. The Kier molecular flexibility index (Phi) is 2.98. The molecule has 0 bridgehead atoms. The molecule has 88 valence electrons. The first kappa shape index (κ1) is 11.8. The third-order valence-corrected chi connectivity index (χ3v) is 2.69. The molecule has 0 saturated carbocycles. The minimum Gasteiger partial charge on any atom is -0.368 e. The molecule has 1 aromatic carbocycles. The summed E-state index contributed by atoms with van der Waals surface area (Å²) >= 11 is 5.82. The van der Waals surface area contributed by atoms with E-state index in [9.17, 15) is 4.39 Å². The van der Waals surface area contributed by atoms with Gasteiger partial charge in [0.25, 0.3) is 0 Å². The van der Waals surface area contributed by atoms with Crippen molar-refractivity contribution in [2.75, 3.05) is 5.73 Å². The number of hydrogen-bond acceptors (Lipinski definition) is 3. The molecule has 1 aromatic heterocycles. The van der Waals surface area contributed by atoms with Crippen LogP contribution < -0.4 is 5.73 Å². The van der Waals surface area contributed by atoms with E-state index < -0.39 is 0 Å². The van der Waals surface area contributed by atoms with Gasteiger partial charge in [-0.05, 0) is 37.1 Å². The minimum atomic E-state index is -0.237. The van der Waals surface area contributed by atoms with Crippen molar-refractivity contribution >= 4 is 17.5 Å². The monoisotopic (exact) mass is 251 g/mol. The van der Waals surface area contributed by atoms with Gasteiger partial charge in [0, 0.05) is 11.6 Å². The highest BCUT2D eigenvalue weighted by Gasteiger charge is 2.09. The number of aryl methyl sites for hydroxylation is 2. The van der Waals surface area contributed by atoms with Crippen LogP contribution in [-0.2, 0) is 0 Å². The first-order valence-electron chi connectivity index (χ1n) is 5.04. The second-order valence-electron chi connectivity index (χ2n) is 3.85. The summed E-state index contributed by atoms with van der Waals surface area (Å²) in [5, 5.41) is 0.272. The maximum atomic E-state index is 13.4. The number of nitrogens with zero attached hydrogens (tertiary/aromatic N) is 2. The number of nitrogens with two attached hydrogens (primary N) is 1. The molecule has 0 fully saturated rings. The number of aromatic nitrogens is 2. The second-order valence-corrected chi connectivity index (χ2v) is 4.24. The number of rotatable bonds is 1. The minimum absolute atomic E-state index is 0.105. The average Bonchev–Trinajstić information content (AvgIpc) is 2.22. The van der Waals surface area contributed by atoms with Crippen molar-refractivity contribution in [2.24, 2.45) is 0 Å². The molecule has 0 atom stereocenters. The van der Waals surface area contributed by atoms with E-state index in [-0.39, 0.29) is 16.9 Å². The molecule has 2 aromatic rings. The molecule has 0 aliphatic rings. The SMILES string of the molecule is Cc1cc(-c2cc(Cl)nc(N)n2)c(C)cc1F. The summed E-state index contributed by atoms with van der Waals surface area (Å²) < 4.78 is 13.4. The lowest BCUT2D eigenvalue weighted by molar-refractivity contribution is 0.617. The first-order chi connectivity index (χ1) is 7.97. The van der Waals surface area contributed by atoms with Gasteiger partial charge in [0.05, 0.1) is 5.69 Å². The lowest BCUT2D eigenvalue weighted by atomic mass is 10.0. The Morgan fingerprint density at radius 2 is 1.82 bits per heavy atom. The van der Waals surface area contributed by atoms with Crippen molar-refractivity contribution in [1.29, 1.82) is 0 Å². The summed E-state index contributed by atoms with van der Waals surface area (Å²) in [6.07, 6.45) is 0. The molecular formula is C12H11ClFN3. The number of benzene rings is 1. The molecule has 0 aliphatic heterocycles. The highest BCUT2D eigenvalue weighted by molar-refractivity contribution is 6.29. The quantitative estimate of drug-likeness (QED) is 0.793. The third-order valence-electron chi connectivity index (χ3n) is 2.49. The Hall–Kier alpha value is -1.68. The fourth-order valence-electron chi connectivity index (χ4n) is 1.63. The van der Waals surface area contributed by atoms with Crippen molar-refractivity contribution in [2.45, 2.75) is 13.8 Å². The first-order valence-corrected chi connectivity index (χ1v) is 5.42. The zero-order valence-electron chi connectivity index (χ0n) is 9.46. The summed E-state index contributed by atoms with van der Waals surface area (Å²) in [7, 11) is 0. The third kappa shape index (κ3) is 2.36. The maximum absolute atomic E-state index is 13.4. The van der Waals surface area contributed by atoms with E-state index in [1.807, 2.05) is 6.92 Å². The van der Waals surface area contributed by atoms with Crippen LogP contribution in [0.4, 0.5) is 10.3 Å². The largest absolute Gasteiger partial charge is 0.368 e. The van der Waals surface area contributed by atoms with Crippen LogP contribution in [0.3, 0.4) is 0 Å². The topological polar surface area (TPSA) is 51.8 Å². The summed E-state index contributed by atoms with van der Waals surface area (Å²) in [6, 6.07) is 4.80. The van der Waals surface area contributed by atoms with E-state index in [1.165, 1.54) is 6.07 Å². The Labute approximate surface area is 103 Å². The highest BCUT2D eigenvalue weighted by Crippen LogP contribution is 2.26. The Bertz CT molecular complexity index is 564. The summed E-state index contributed by atoms with van der Waals surface area (Å²) in [6.45, 7) is 3.51. The normalized spacial score (nSPS) is 10.6.